The predicted molar refractivity (Wildman–Crippen MR) is 79.4 cm³/mol. The topological polar surface area (TPSA) is 69.0 Å². The van der Waals surface area contributed by atoms with Crippen molar-refractivity contribution in [2.24, 2.45) is 7.05 Å². The SMILES string of the molecule is Cn1cc(C(=O)NCC2(c3cccs3)CCOCC2)nn1. The fourth-order valence-electron chi connectivity index (χ4n) is 2.64. The minimum absolute atomic E-state index is 0.0235. The van der Waals surface area contributed by atoms with Crippen molar-refractivity contribution in [1.29, 1.82) is 0 Å². The van der Waals surface area contributed by atoms with Crippen LogP contribution in [0.4, 0.5) is 0 Å². The molecule has 0 bridgehead atoms. The molecule has 2 aromatic rings. The zero-order chi connectivity index (χ0) is 14.7. The van der Waals surface area contributed by atoms with E-state index in [1.165, 1.54) is 9.56 Å². The van der Waals surface area contributed by atoms with Crippen LogP contribution in [-0.2, 0) is 17.2 Å². The summed E-state index contributed by atoms with van der Waals surface area (Å²) in [5, 5.41) is 12.7. The molecule has 3 heterocycles. The van der Waals surface area contributed by atoms with Gasteiger partial charge in [-0.15, -0.1) is 16.4 Å². The Balaban J connectivity index is 1.72. The number of carbonyl (C=O) groups is 1. The highest BCUT2D eigenvalue weighted by Crippen LogP contribution is 2.36. The van der Waals surface area contributed by atoms with Crippen LogP contribution in [0.5, 0.6) is 0 Å². The number of aromatic nitrogens is 3. The van der Waals surface area contributed by atoms with Crippen LogP contribution < -0.4 is 5.32 Å². The summed E-state index contributed by atoms with van der Waals surface area (Å²) in [6.45, 7) is 2.07. The predicted octanol–water partition coefficient (Wildman–Crippen LogP) is 1.35. The number of amides is 1. The molecule has 0 saturated carbocycles. The van der Waals surface area contributed by atoms with E-state index in [1.807, 2.05) is 0 Å². The van der Waals surface area contributed by atoms with Gasteiger partial charge in [-0.25, -0.2) is 0 Å². The van der Waals surface area contributed by atoms with Crippen molar-refractivity contribution in [1.82, 2.24) is 20.3 Å². The van der Waals surface area contributed by atoms with E-state index < -0.39 is 0 Å². The number of ether oxygens (including phenoxy) is 1. The van der Waals surface area contributed by atoms with Crippen LogP contribution in [0.3, 0.4) is 0 Å². The summed E-state index contributed by atoms with van der Waals surface area (Å²) >= 11 is 1.74. The molecule has 0 unspecified atom stereocenters. The number of hydrogen-bond acceptors (Lipinski definition) is 5. The normalized spacial score (nSPS) is 17.6. The molecule has 2 aromatic heterocycles. The number of rotatable bonds is 4. The second-order valence-corrected chi connectivity index (χ2v) is 6.28. The Bertz CT molecular complexity index is 602. The molecule has 0 atom stereocenters. The number of thiophene rings is 1. The van der Waals surface area contributed by atoms with Gasteiger partial charge in [0.25, 0.3) is 5.91 Å². The standard InChI is InChI=1S/C14H18N4O2S/c1-18-9-11(16-17-18)13(19)15-10-14(4-6-20-7-5-14)12-3-2-8-21-12/h2-3,8-9H,4-7,10H2,1H3,(H,15,19). The fraction of sp³-hybridized carbons (Fsp3) is 0.500. The maximum absolute atomic E-state index is 12.2. The Morgan fingerprint density at radius 3 is 2.95 bits per heavy atom. The molecule has 1 amide bonds. The van der Waals surface area contributed by atoms with Gasteiger partial charge in [0, 0.05) is 37.1 Å². The molecule has 1 fully saturated rings. The molecule has 3 rings (SSSR count). The van der Waals surface area contributed by atoms with Crippen molar-refractivity contribution < 1.29 is 9.53 Å². The van der Waals surface area contributed by atoms with Gasteiger partial charge in [0.15, 0.2) is 5.69 Å². The molecule has 21 heavy (non-hydrogen) atoms. The van der Waals surface area contributed by atoms with Crippen molar-refractivity contribution in [3.05, 3.63) is 34.3 Å². The van der Waals surface area contributed by atoms with E-state index in [1.54, 1.807) is 24.6 Å². The summed E-state index contributed by atoms with van der Waals surface area (Å²) in [4.78, 5) is 13.5. The van der Waals surface area contributed by atoms with E-state index in [2.05, 4.69) is 33.1 Å². The molecule has 6 nitrogen and oxygen atoms in total. The van der Waals surface area contributed by atoms with Gasteiger partial charge in [-0.3, -0.25) is 9.48 Å². The highest BCUT2D eigenvalue weighted by atomic mass is 32.1. The molecule has 0 aliphatic carbocycles. The van der Waals surface area contributed by atoms with Crippen molar-refractivity contribution >= 4 is 17.2 Å². The van der Waals surface area contributed by atoms with Gasteiger partial charge in [0.05, 0.1) is 6.20 Å². The van der Waals surface area contributed by atoms with Crippen molar-refractivity contribution in [3.63, 3.8) is 0 Å². The van der Waals surface area contributed by atoms with Gasteiger partial charge in [-0.05, 0) is 24.3 Å². The zero-order valence-electron chi connectivity index (χ0n) is 11.9. The van der Waals surface area contributed by atoms with Crippen molar-refractivity contribution in [3.8, 4) is 0 Å². The minimum atomic E-state index is -0.175. The molecular formula is C14H18N4O2S. The number of aryl methyl sites for hydroxylation is 1. The average molecular weight is 306 g/mol. The first kappa shape index (κ1) is 14.2. The van der Waals surface area contributed by atoms with E-state index in [-0.39, 0.29) is 11.3 Å². The highest BCUT2D eigenvalue weighted by Gasteiger charge is 2.35. The lowest BCUT2D eigenvalue weighted by Crippen LogP contribution is -2.44. The molecule has 1 N–H and O–H groups in total. The van der Waals surface area contributed by atoms with E-state index in [0.717, 1.165) is 26.1 Å². The second kappa shape index (κ2) is 5.95. The minimum Gasteiger partial charge on any atom is -0.381 e. The first-order valence-electron chi connectivity index (χ1n) is 6.96. The largest absolute Gasteiger partial charge is 0.381 e. The molecule has 112 valence electrons. The number of carbonyl (C=O) groups excluding carboxylic acids is 1. The summed E-state index contributed by atoms with van der Waals surface area (Å²) in [5.41, 5.74) is 0.329. The Morgan fingerprint density at radius 2 is 2.33 bits per heavy atom. The van der Waals surface area contributed by atoms with Crippen LogP contribution in [0.1, 0.15) is 28.2 Å². The maximum atomic E-state index is 12.2. The van der Waals surface area contributed by atoms with Gasteiger partial charge in [-0.1, -0.05) is 11.3 Å². The van der Waals surface area contributed by atoms with Crippen LogP contribution in [0, 0.1) is 0 Å². The molecule has 1 aliphatic heterocycles. The maximum Gasteiger partial charge on any atom is 0.273 e. The lowest BCUT2D eigenvalue weighted by atomic mass is 9.78. The first-order chi connectivity index (χ1) is 10.2. The molecule has 7 heteroatoms. The molecule has 0 radical (unpaired) electrons. The zero-order valence-corrected chi connectivity index (χ0v) is 12.7. The molecule has 1 saturated heterocycles. The highest BCUT2D eigenvalue weighted by molar-refractivity contribution is 7.10. The fourth-order valence-corrected chi connectivity index (χ4v) is 3.63. The Morgan fingerprint density at radius 1 is 1.52 bits per heavy atom. The van der Waals surface area contributed by atoms with Crippen LogP contribution in [-0.4, -0.2) is 40.7 Å². The number of nitrogens with one attached hydrogen (secondary N) is 1. The van der Waals surface area contributed by atoms with Crippen LogP contribution in [0.25, 0.3) is 0 Å². The van der Waals surface area contributed by atoms with E-state index in [4.69, 9.17) is 4.74 Å². The van der Waals surface area contributed by atoms with Gasteiger partial charge < -0.3 is 10.1 Å². The molecule has 0 spiro atoms. The van der Waals surface area contributed by atoms with Gasteiger partial charge in [0.2, 0.25) is 0 Å². The van der Waals surface area contributed by atoms with Crippen molar-refractivity contribution in [2.75, 3.05) is 19.8 Å². The van der Waals surface area contributed by atoms with Gasteiger partial charge in [0.1, 0.15) is 0 Å². The Labute approximate surface area is 127 Å². The van der Waals surface area contributed by atoms with Crippen molar-refractivity contribution in [2.45, 2.75) is 18.3 Å². The van der Waals surface area contributed by atoms with Crippen LogP contribution in [0.2, 0.25) is 0 Å². The third-order valence-electron chi connectivity index (χ3n) is 3.92. The third-order valence-corrected chi connectivity index (χ3v) is 5.03. The lowest BCUT2D eigenvalue weighted by molar-refractivity contribution is 0.0498. The smallest absolute Gasteiger partial charge is 0.273 e. The van der Waals surface area contributed by atoms with Crippen LogP contribution in [0.15, 0.2) is 23.7 Å². The quantitative estimate of drug-likeness (QED) is 0.926. The number of nitrogens with zero attached hydrogens (tertiary/aromatic N) is 3. The molecular weight excluding hydrogens is 288 g/mol. The third kappa shape index (κ3) is 2.98. The monoisotopic (exact) mass is 306 g/mol. The summed E-state index contributed by atoms with van der Waals surface area (Å²) in [7, 11) is 1.75. The van der Waals surface area contributed by atoms with E-state index in [9.17, 15) is 4.79 Å². The summed E-state index contributed by atoms with van der Waals surface area (Å²) in [5.74, 6) is -0.175. The first-order valence-corrected chi connectivity index (χ1v) is 7.84. The average Bonchev–Trinajstić information content (AvgIpc) is 3.17. The second-order valence-electron chi connectivity index (χ2n) is 5.33. The lowest BCUT2D eigenvalue weighted by Gasteiger charge is -2.36. The summed E-state index contributed by atoms with van der Waals surface area (Å²) < 4.78 is 7.01. The summed E-state index contributed by atoms with van der Waals surface area (Å²) in [6.07, 6.45) is 3.47. The number of hydrogen-bond donors (Lipinski definition) is 1. The van der Waals surface area contributed by atoms with E-state index >= 15 is 0 Å². The van der Waals surface area contributed by atoms with Gasteiger partial charge in [-0.2, -0.15) is 0 Å². The Hall–Kier alpha value is -1.73. The van der Waals surface area contributed by atoms with E-state index in [0.29, 0.717) is 12.2 Å². The Kier molecular flexibility index (Phi) is 4.03. The van der Waals surface area contributed by atoms with Crippen LogP contribution >= 0.6 is 11.3 Å². The summed E-state index contributed by atoms with van der Waals surface area (Å²) in [6, 6.07) is 4.20. The molecule has 1 aliphatic rings. The molecule has 0 aromatic carbocycles. The van der Waals surface area contributed by atoms with Gasteiger partial charge >= 0.3 is 0 Å².